The minimum Gasteiger partial charge on any atom is -0.394 e. The van der Waals surface area contributed by atoms with E-state index in [1.807, 2.05) is 0 Å². The van der Waals surface area contributed by atoms with Gasteiger partial charge in [0.15, 0.2) is 0 Å². The zero-order valence-corrected chi connectivity index (χ0v) is 6.83. The largest absolute Gasteiger partial charge is 0.394 e. The molecule has 0 aromatic heterocycles. The molecule has 64 valence electrons. The predicted molar refractivity (Wildman–Crippen MR) is 42.3 cm³/mol. The maximum atomic E-state index is 8.89. The Morgan fingerprint density at radius 3 is 2.82 bits per heavy atom. The second-order valence-electron chi connectivity index (χ2n) is 3.76. The van der Waals surface area contributed by atoms with Gasteiger partial charge in [0.25, 0.3) is 0 Å². The van der Waals surface area contributed by atoms with Crippen LogP contribution in [0.25, 0.3) is 0 Å². The molecule has 3 atom stereocenters. The van der Waals surface area contributed by atoms with Gasteiger partial charge < -0.3 is 9.84 Å². The summed E-state index contributed by atoms with van der Waals surface area (Å²) < 4.78 is 5.66. The van der Waals surface area contributed by atoms with Gasteiger partial charge in [-0.25, -0.2) is 0 Å². The number of aliphatic hydroxyl groups is 1. The third-order valence-electron chi connectivity index (χ3n) is 2.98. The van der Waals surface area contributed by atoms with Crippen LogP contribution in [0, 0.1) is 5.92 Å². The van der Waals surface area contributed by atoms with Crippen molar-refractivity contribution in [2.24, 2.45) is 5.92 Å². The fourth-order valence-electron chi connectivity index (χ4n) is 2.38. The highest BCUT2D eigenvalue weighted by Gasteiger charge is 2.35. The fraction of sp³-hybridized carbons (Fsp3) is 1.00. The van der Waals surface area contributed by atoms with Crippen LogP contribution in [0.5, 0.6) is 0 Å². The first-order valence-electron chi connectivity index (χ1n) is 4.66. The average Bonchev–Trinajstić information content (AvgIpc) is 2.46. The zero-order chi connectivity index (χ0) is 7.68. The minimum atomic E-state index is 0.156. The van der Waals surface area contributed by atoms with Gasteiger partial charge in [-0.05, 0) is 25.2 Å². The van der Waals surface area contributed by atoms with Crippen LogP contribution in [0.15, 0.2) is 0 Å². The molecule has 11 heavy (non-hydrogen) atoms. The van der Waals surface area contributed by atoms with Gasteiger partial charge in [0.05, 0.1) is 18.8 Å². The lowest BCUT2D eigenvalue weighted by Crippen LogP contribution is -2.20. The molecular weight excluding hydrogens is 140 g/mol. The maximum absolute atomic E-state index is 8.89. The van der Waals surface area contributed by atoms with E-state index in [1.54, 1.807) is 0 Å². The Labute approximate surface area is 67.6 Å². The molecule has 0 radical (unpaired) electrons. The molecule has 1 aliphatic heterocycles. The van der Waals surface area contributed by atoms with Gasteiger partial charge in [0.2, 0.25) is 0 Å². The van der Waals surface area contributed by atoms with Gasteiger partial charge in [0.1, 0.15) is 0 Å². The Bertz CT molecular complexity index is 122. The van der Waals surface area contributed by atoms with Crippen molar-refractivity contribution in [3.05, 3.63) is 0 Å². The van der Waals surface area contributed by atoms with Gasteiger partial charge in [-0.3, -0.25) is 0 Å². The van der Waals surface area contributed by atoms with E-state index in [-0.39, 0.29) is 12.7 Å². The lowest BCUT2D eigenvalue weighted by atomic mass is 9.85. The summed E-state index contributed by atoms with van der Waals surface area (Å²) in [5.41, 5.74) is 0. The summed E-state index contributed by atoms with van der Waals surface area (Å²) in [6.07, 6.45) is 6.97. The highest BCUT2D eigenvalue weighted by Crippen LogP contribution is 2.36. The van der Waals surface area contributed by atoms with Crippen LogP contribution in [0.2, 0.25) is 0 Å². The van der Waals surface area contributed by atoms with Crippen LogP contribution in [0.4, 0.5) is 0 Å². The minimum absolute atomic E-state index is 0.156. The van der Waals surface area contributed by atoms with Crippen LogP contribution < -0.4 is 0 Å². The molecule has 2 heteroatoms. The molecule has 0 spiro atoms. The Morgan fingerprint density at radius 1 is 1.27 bits per heavy atom. The van der Waals surface area contributed by atoms with E-state index in [9.17, 15) is 0 Å². The molecule has 0 amide bonds. The predicted octanol–water partition coefficient (Wildman–Crippen LogP) is 1.33. The van der Waals surface area contributed by atoms with Crippen LogP contribution in [0.1, 0.15) is 32.1 Å². The third kappa shape index (κ3) is 1.42. The summed E-state index contributed by atoms with van der Waals surface area (Å²) in [7, 11) is 0. The Hall–Kier alpha value is -0.0800. The number of hydrogen-bond acceptors (Lipinski definition) is 2. The first-order valence-corrected chi connectivity index (χ1v) is 4.66. The number of hydrogen-bond donors (Lipinski definition) is 1. The summed E-state index contributed by atoms with van der Waals surface area (Å²) in [4.78, 5) is 0. The lowest BCUT2D eigenvalue weighted by Gasteiger charge is -2.23. The van der Waals surface area contributed by atoms with Crippen molar-refractivity contribution in [3.8, 4) is 0 Å². The smallest absolute Gasteiger partial charge is 0.0813 e. The number of aliphatic hydroxyl groups excluding tert-OH is 1. The molecule has 2 nitrogen and oxygen atoms in total. The van der Waals surface area contributed by atoms with E-state index < -0.39 is 0 Å². The Morgan fingerprint density at radius 2 is 2.09 bits per heavy atom. The first-order chi connectivity index (χ1) is 5.40. The van der Waals surface area contributed by atoms with Crippen LogP contribution in [-0.4, -0.2) is 23.9 Å². The van der Waals surface area contributed by atoms with Crippen LogP contribution in [0.3, 0.4) is 0 Å². The molecule has 0 bridgehead atoms. The monoisotopic (exact) mass is 156 g/mol. The molecule has 1 aliphatic carbocycles. The maximum Gasteiger partial charge on any atom is 0.0813 e. The highest BCUT2D eigenvalue weighted by atomic mass is 16.5. The molecule has 2 fully saturated rings. The molecule has 1 saturated heterocycles. The van der Waals surface area contributed by atoms with Gasteiger partial charge >= 0.3 is 0 Å². The SMILES string of the molecule is OC[C@@H]1C[C@@H]2CCCC[C@@H]2O1. The van der Waals surface area contributed by atoms with E-state index in [2.05, 4.69) is 0 Å². The molecule has 0 unspecified atom stereocenters. The van der Waals surface area contributed by atoms with Gasteiger partial charge in [0, 0.05) is 0 Å². The van der Waals surface area contributed by atoms with E-state index >= 15 is 0 Å². The van der Waals surface area contributed by atoms with E-state index in [0.717, 1.165) is 12.3 Å². The lowest BCUT2D eigenvalue weighted by molar-refractivity contribution is -0.00558. The van der Waals surface area contributed by atoms with Crippen molar-refractivity contribution in [2.45, 2.75) is 44.3 Å². The standard InChI is InChI=1S/C9H16O2/c10-6-8-5-7-3-1-2-4-9(7)11-8/h7-10H,1-6H2/t7-,8-,9-/m0/s1. The van der Waals surface area contributed by atoms with Crippen LogP contribution in [-0.2, 0) is 4.74 Å². The second kappa shape index (κ2) is 3.11. The molecular formula is C9H16O2. The average molecular weight is 156 g/mol. The molecule has 2 rings (SSSR count). The number of fused-ring (bicyclic) bond motifs is 1. The molecule has 0 aromatic rings. The first kappa shape index (κ1) is 7.56. The van der Waals surface area contributed by atoms with E-state index in [4.69, 9.17) is 9.84 Å². The van der Waals surface area contributed by atoms with Crippen LogP contribution >= 0.6 is 0 Å². The van der Waals surface area contributed by atoms with Crippen molar-refractivity contribution in [3.63, 3.8) is 0 Å². The third-order valence-corrected chi connectivity index (χ3v) is 2.98. The summed E-state index contributed by atoms with van der Waals surface area (Å²) in [5, 5.41) is 8.89. The molecule has 1 N–H and O–H groups in total. The quantitative estimate of drug-likeness (QED) is 0.620. The summed E-state index contributed by atoms with van der Waals surface area (Å²) >= 11 is 0. The van der Waals surface area contributed by atoms with Gasteiger partial charge in [-0.2, -0.15) is 0 Å². The van der Waals surface area contributed by atoms with Crippen molar-refractivity contribution >= 4 is 0 Å². The van der Waals surface area contributed by atoms with Gasteiger partial charge in [-0.15, -0.1) is 0 Å². The van der Waals surface area contributed by atoms with Crippen molar-refractivity contribution in [2.75, 3.05) is 6.61 Å². The summed E-state index contributed by atoms with van der Waals surface area (Å²) in [6.45, 7) is 0.215. The van der Waals surface area contributed by atoms with Gasteiger partial charge in [-0.1, -0.05) is 12.8 Å². The zero-order valence-electron chi connectivity index (χ0n) is 6.83. The molecule has 0 aromatic carbocycles. The van der Waals surface area contributed by atoms with Crippen molar-refractivity contribution < 1.29 is 9.84 Å². The molecule has 2 aliphatic rings. The Balaban J connectivity index is 1.92. The topological polar surface area (TPSA) is 29.5 Å². The summed E-state index contributed by atoms with van der Waals surface area (Å²) in [6, 6.07) is 0. The summed E-state index contributed by atoms with van der Waals surface area (Å²) in [5.74, 6) is 0.765. The van der Waals surface area contributed by atoms with E-state index in [0.29, 0.717) is 6.10 Å². The normalized spacial score (nSPS) is 43.9. The van der Waals surface area contributed by atoms with Crippen molar-refractivity contribution in [1.82, 2.24) is 0 Å². The van der Waals surface area contributed by atoms with E-state index in [1.165, 1.54) is 25.7 Å². The Kier molecular flexibility index (Phi) is 2.14. The number of rotatable bonds is 1. The molecule has 1 heterocycles. The highest BCUT2D eigenvalue weighted by molar-refractivity contribution is 4.84. The number of ether oxygens (including phenoxy) is 1. The molecule has 1 saturated carbocycles. The second-order valence-corrected chi connectivity index (χ2v) is 3.76. The fourth-order valence-corrected chi connectivity index (χ4v) is 2.38. The van der Waals surface area contributed by atoms with Crippen molar-refractivity contribution in [1.29, 1.82) is 0 Å².